The zero-order valence-electron chi connectivity index (χ0n) is 13.2. The normalized spacial score (nSPS) is 18.4. The first kappa shape index (κ1) is 16.8. The molecule has 1 fully saturated rings. The summed E-state index contributed by atoms with van der Waals surface area (Å²) in [5, 5.41) is 0. The first-order valence-electron chi connectivity index (χ1n) is 7.37. The molecule has 0 atom stereocenters. The molecule has 0 aromatic rings. The van der Waals surface area contributed by atoms with Gasteiger partial charge < -0.3 is 14.4 Å². The highest BCUT2D eigenvalue weighted by molar-refractivity contribution is 5.68. The topological polar surface area (TPSA) is 38.8 Å². The van der Waals surface area contributed by atoms with Crippen molar-refractivity contribution in [2.75, 3.05) is 19.7 Å². The van der Waals surface area contributed by atoms with E-state index in [2.05, 4.69) is 12.8 Å². The van der Waals surface area contributed by atoms with E-state index in [9.17, 15) is 4.79 Å². The second kappa shape index (κ2) is 6.99. The molecular weight excluding hydrogens is 254 g/mol. The first-order chi connectivity index (χ1) is 9.32. The van der Waals surface area contributed by atoms with Crippen LogP contribution in [0, 0.1) is 12.3 Å². The van der Waals surface area contributed by atoms with Crippen LogP contribution in [0.3, 0.4) is 0 Å². The maximum absolute atomic E-state index is 12.0. The minimum Gasteiger partial charge on any atom is -0.444 e. The lowest BCUT2D eigenvalue weighted by atomic mass is 9.88. The molecule has 1 aliphatic heterocycles. The van der Waals surface area contributed by atoms with Crippen LogP contribution in [-0.4, -0.2) is 41.9 Å². The van der Waals surface area contributed by atoms with E-state index >= 15 is 0 Å². The summed E-state index contributed by atoms with van der Waals surface area (Å²) in [5.74, 6) is 2.59. The van der Waals surface area contributed by atoms with E-state index < -0.39 is 5.60 Å². The van der Waals surface area contributed by atoms with Crippen LogP contribution in [0.5, 0.6) is 0 Å². The van der Waals surface area contributed by atoms with Gasteiger partial charge in [-0.25, -0.2) is 4.79 Å². The predicted molar refractivity (Wildman–Crippen MR) is 79.5 cm³/mol. The summed E-state index contributed by atoms with van der Waals surface area (Å²) in [6, 6.07) is 0. The molecule has 0 N–H and O–H groups in total. The molecule has 0 aromatic carbocycles. The van der Waals surface area contributed by atoms with Crippen molar-refractivity contribution in [2.45, 2.75) is 64.6 Å². The zero-order chi connectivity index (χ0) is 15.2. The number of ether oxygens (including phenoxy) is 2. The lowest BCUT2D eigenvalue weighted by Gasteiger charge is -2.41. The summed E-state index contributed by atoms with van der Waals surface area (Å²) >= 11 is 0. The van der Waals surface area contributed by atoms with Crippen LogP contribution in [-0.2, 0) is 9.47 Å². The molecule has 20 heavy (non-hydrogen) atoms. The molecule has 0 aliphatic carbocycles. The minimum atomic E-state index is -0.445. The molecule has 0 spiro atoms. The number of terminal acetylenes is 1. The Labute approximate surface area is 122 Å². The first-order valence-corrected chi connectivity index (χ1v) is 7.37. The third-order valence-electron chi connectivity index (χ3n) is 3.63. The summed E-state index contributed by atoms with van der Waals surface area (Å²) < 4.78 is 11.4. The number of piperidine rings is 1. The van der Waals surface area contributed by atoms with Crippen LogP contribution in [0.2, 0.25) is 0 Å². The molecule has 0 radical (unpaired) electrons. The Bertz CT molecular complexity index is 357. The Kier molecular flexibility index (Phi) is 5.88. The predicted octanol–water partition coefficient (Wildman–Crippen LogP) is 3.21. The molecule has 1 heterocycles. The number of nitrogens with zero attached hydrogens (tertiary/aromatic N) is 1. The number of hydrogen-bond acceptors (Lipinski definition) is 3. The van der Waals surface area contributed by atoms with Crippen molar-refractivity contribution >= 4 is 6.09 Å². The van der Waals surface area contributed by atoms with Crippen LogP contribution < -0.4 is 0 Å². The monoisotopic (exact) mass is 281 g/mol. The van der Waals surface area contributed by atoms with Gasteiger partial charge in [0.2, 0.25) is 0 Å². The number of rotatable bonds is 4. The molecule has 0 bridgehead atoms. The maximum atomic E-state index is 12.0. The van der Waals surface area contributed by atoms with Gasteiger partial charge in [0.05, 0.1) is 12.2 Å². The van der Waals surface area contributed by atoms with E-state index in [-0.39, 0.29) is 11.7 Å². The summed E-state index contributed by atoms with van der Waals surface area (Å²) in [5.41, 5.74) is -0.574. The smallest absolute Gasteiger partial charge is 0.410 e. The third kappa shape index (κ3) is 5.05. The minimum absolute atomic E-state index is 0.130. The van der Waals surface area contributed by atoms with Crippen LogP contribution in [0.4, 0.5) is 4.79 Å². The molecule has 4 nitrogen and oxygen atoms in total. The molecule has 1 rings (SSSR count). The third-order valence-corrected chi connectivity index (χ3v) is 3.63. The number of amides is 1. The molecule has 0 saturated carbocycles. The van der Waals surface area contributed by atoms with Crippen LogP contribution in [0.1, 0.15) is 53.4 Å². The second-order valence-corrected chi connectivity index (χ2v) is 6.31. The van der Waals surface area contributed by atoms with Crippen molar-refractivity contribution in [3.63, 3.8) is 0 Å². The van der Waals surface area contributed by atoms with Gasteiger partial charge in [0, 0.05) is 19.5 Å². The largest absolute Gasteiger partial charge is 0.444 e. The fourth-order valence-electron chi connectivity index (χ4n) is 2.35. The van der Waals surface area contributed by atoms with Gasteiger partial charge in [-0.2, -0.15) is 0 Å². The Balaban J connectivity index is 2.48. The summed E-state index contributed by atoms with van der Waals surface area (Å²) in [4.78, 5) is 13.8. The van der Waals surface area contributed by atoms with Gasteiger partial charge in [0.1, 0.15) is 5.60 Å². The van der Waals surface area contributed by atoms with E-state index in [1.165, 1.54) is 0 Å². The molecule has 1 amide bonds. The van der Waals surface area contributed by atoms with Crippen LogP contribution in [0.15, 0.2) is 0 Å². The lowest BCUT2D eigenvalue weighted by Crippen LogP contribution is -2.49. The van der Waals surface area contributed by atoms with Gasteiger partial charge in [-0.15, -0.1) is 12.3 Å². The molecule has 4 heteroatoms. The van der Waals surface area contributed by atoms with Crippen molar-refractivity contribution in [1.82, 2.24) is 4.90 Å². The average Bonchev–Trinajstić information content (AvgIpc) is 2.38. The van der Waals surface area contributed by atoms with Gasteiger partial charge in [-0.05, 0) is 40.0 Å². The quantitative estimate of drug-likeness (QED) is 0.587. The van der Waals surface area contributed by atoms with Gasteiger partial charge in [0.25, 0.3) is 0 Å². The van der Waals surface area contributed by atoms with E-state index in [1.54, 1.807) is 4.90 Å². The Morgan fingerprint density at radius 2 is 1.95 bits per heavy atom. The molecular formula is C16H27NO3. The Hall–Kier alpha value is -1.21. The summed E-state index contributed by atoms with van der Waals surface area (Å²) in [6.45, 7) is 9.73. The lowest BCUT2D eigenvalue weighted by molar-refractivity contribution is -0.0848. The van der Waals surface area contributed by atoms with Crippen LogP contribution >= 0.6 is 0 Å². The highest BCUT2D eigenvalue weighted by Crippen LogP contribution is 2.30. The van der Waals surface area contributed by atoms with E-state index in [0.29, 0.717) is 26.1 Å². The highest BCUT2D eigenvalue weighted by atomic mass is 16.6. The number of hydrogen-bond donors (Lipinski definition) is 0. The zero-order valence-corrected chi connectivity index (χ0v) is 13.2. The Morgan fingerprint density at radius 1 is 1.35 bits per heavy atom. The Morgan fingerprint density at radius 3 is 2.40 bits per heavy atom. The fraction of sp³-hybridized carbons (Fsp3) is 0.812. The van der Waals surface area contributed by atoms with Gasteiger partial charge >= 0.3 is 6.09 Å². The second-order valence-electron chi connectivity index (χ2n) is 6.31. The molecule has 1 saturated heterocycles. The van der Waals surface area contributed by atoms with Crippen molar-refractivity contribution in [1.29, 1.82) is 0 Å². The van der Waals surface area contributed by atoms with Crippen LogP contribution in [0.25, 0.3) is 0 Å². The SMILES string of the molecule is C#CCCOC1(CC)CCN(C(=O)OC(C)(C)C)CC1. The van der Waals surface area contributed by atoms with Crippen molar-refractivity contribution in [3.8, 4) is 12.3 Å². The van der Waals surface area contributed by atoms with Crippen molar-refractivity contribution < 1.29 is 14.3 Å². The molecule has 0 unspecified atom stereocenters. The number of carbonyl (C=O) groups is 1. The maximum Gasteiger partial charge on any atom is 0.410 e. The van der Waals surface area contributed by atoms with Gasteiger partial charge in [-0.3, -0.25) is 0 Å². The average molecular weight is 281 g/mol. The van der Waals surface area contributed by atoms with E-state index in [0.717, 1.165) is 19.3 Å². The van der Waals surface area contributed by atoms with E-state index in [1.807, 2.05) is 20.8 Å². The highest BCUT2D eigenvalue weighted by Gasteiger charge is 2.36. The summed E-state index contributed by atoms with van der Waals surface area (Å²) in [7, 11) is 0. The van der Waals surface area contributed by atoms with Gasteiger partial charge in [0.15, 0.2) is 0 Å². The standard InChI is InChI=1S/C16H27NO3/c1-6-8-13-19-16(7-2)9-11-17(12-10-16)14(18)20-15(3,4)5/h1H,7-13H2,2-5H3. The molecule has 0 aromatic heterocycles. The molecule has 114 valence electrons. The summed E-state index contributed by atoms with van der Waals surface area (Å²) in [6.07, 6.45) is 8.28. The van der Waals surface area contributed by atoms with E-state index in [4.69, 9.17) is 15.9 Å². The fourth-order valence-corrected chi connectivity index (χ4v) is 2.35. The number of likely N-dealkylation sites (tertiary alicyclic amines) is 1. The van der Waals surface area contributed by atoms with Gasteiger partial charge in [-0.1, -0.05) is 6.92 Å². The number of carbonyl (C=O) groups excluding carboxylic acids is 1. The van der Waals surface area contributed by atoms with Crippen molar-refractivity contribution in [2.24, 2.45) is 0 Å². The van der Waals surface area contributed by atoms with Crippen molar-refractivity contribution in [3.05, 3.63) is 0 Å². The molecule has 1 aliphatic rings.